The molecule has 0 fully saturated rings. The molecule has 4 nitrogen and oxygen atoms in total. The number of hydrogen-bond acceptors (Lipinski definition) is 3. The van der Waals surface area contributed by atoms with Crippen LogP contribution in [-0.2, 0) is 10.2 Å². The second-order valence-corrected chi connectivity index (χ2v) is 7.99. The lowest BCUT2D eigenvalue weighted by molar-refractivity contribution is -0.133. The van der Waals surface area contributed by atoms with E-state index in [2.05, 4.69) is 51.1 Å². The molecule has 0 saturated heterocycles. The number of imidazole rings is 1. The summed E-state index contributed by atoms with van der Waals surface area (Å²) in [5.41, 5.74) is 1.17. The van der Waals surface area contributed by atoms with Gasteiger partial charge in [0.2, 0.25) is 0 Å². The van der Waals surface area contributed by atoms with E-state index in [9.17, 15) is 4.79 Å². The predicted molar refractivity (Wildman–Crippen MR) is 88.1 cm³/mol. The lowest BCUT2D eigenvalue weighted by Crippen LogP contribution is -2.21. The molecule has 21 heavy (non-hydrogen) atoms. The van der Waals surface area contributed by atoms with Gasteiger partial charge >= 0.3 is 5.97 Å². The zero-order valence-electron chi connectivity index (χ0n) is 14.0. The molecular formula is C16H28N2O2S. The first kappa shape index (κ1) is 18.1. The molecule has 0 radical (unpaired) electrons. The molecule has 0 aliphatic heterocycles. The predicted octanol–water partition coefficient (Wildman–Crippen LogP) is 4.35. The summed E-state index contributed by atoms with van der Waals surface area (Å²) in [4.78, 5) is 15.3. The van der Waals surface area contributed by atoms with Gasteiger partial charge in [-0.2, -0.15) is 0 Å². The van der Waals surface area contributed by atoms with E-state index in [4.69, 9.17) is 5.11 Å². The van der Waals surface area contributed by atoms with Crippen LogP contribution in [0.3, 0.4) is 0 Å². The number of aromatic nitrogens is 2. The second kappa shape index (κ2) is 7.34. The number of nitrogens with zero attached hydrogens (tertiary/aromatic N) is 2. The third kappa shape index (κ3) is 5.38. The van der Waals surface area contributed by atoms with Crippen LogP contribution in [0.4, 0.5) is 0 Å². The van der Waals surface area contributed by atoms with Gasteiger partial charge in [0.1, 0.15) is 0 Å². The van der Waals surface area contributed by atoms with E-state index in [1.54, 1.807) is 0 Å². The van der Waals surface area contributed by atoms with Crippen molar-refractivity contribution in [1.82, 2.24) is 9.55 Å². The van der Waals surface area contributed by atoms with Crippen LogP contribution >= 0.6 is 11.8 Å². The maximum absolute atomic E-state index is 10.8. The van der Waals surface area contributed by atoms with Gasteiger partial charge in [-0.1, -0.05) is 46.4 Å². The van der Waals surface area contributed by atoms with Crippen molar-refractivity contribution >= 4 is 17.7 Å². The minimum absolute atomic E-state index is 0.00112. The summed E-state index contributed by atoms with van der Waals surface area (Å²) in [5.74, 6) is -0.0804. The molecule has 5 heteroatoms. The summed E-state index contributed by atoms with van der Waals surface area (Å²) in [6, 6.07) is 0.334. The smallest absolute Gasteiger partial charge is 0.313 e. The number of hydrogen-bond donors (Lipinski definition) is 1. The van der Waals surface area contributed by atoms with Crippen LogP contribution in [0.2, 0.25) is 0 Å². The van der Waals surface area contributed by atoms with Crippen LogP contribution in [0.15, 0.2) is 11.4 Å². The van der Waals surface area contributed by atoms with E-state index in [1.807, 2.05) is 6.20 Å². The van der Waals surface area contributed by atoms with Crippen molar-refractivity contribution < 1.29 is 9.90 Å². The molecule has 0 aliphatic rings. The highest BCUT2D eigenvalue weighted by Gasteiger charge is 2.25. The molecule has 1 rings (SSSR count). The quantitative estimate of drug-likeness (QED) is 0.760. The maximum atomic E-state index is 10.8. The molecule has 1 heterocycles. The Morgan fingerprint density at radius 2 is 1.95 bits per heavy atom. The molecule has 1 aromatic heterocycles. The van der Waals surface area contributed by atoms with E-state index in [1.165, 1.54) is 17.5 Å². The van der Waals surface area contributed by atoms with Gasteiger partial charge in [-0.05, 0) is 25.7 Å². The molecule has 0 bridgehead atoms. The summed E-state index contributed by atoms with van der Waals surface area (Å²) >= 11 is 1.31. The number of thioether (sulfide) groups is 1. The zero-order chi connectivity index (χ0) is 16.2. The molecule has 1 atom stereocenters. The Labute approximate surface area is 132 Å². The second-order valence-electron chi connectivity index (χ2n) is 7.05. The van der Waals surface area contributed by atoms with Crippen LogP contribution in [0.1, 0.15) is 66.1 Å². The minimum Gasteiger partial charge on any atom is -0.481 e. The molecule has 1 unspecified atom stereocenters. The van der Waals surface area contributed by atoms with Crippen molar-refractivity contribution in [3.63, 3.8) is 0 Å². The Balaban J connectivity index is 3.04. The number of carboxylic acid groups (broad SMARTS) is 1. The lowest BCUT2D eigenvalue weighted by Gasteiger charge is -2.26. The van der Waals surface area contributed by atoms with Crippen LogP contribution in [-0.4, -0.2) is 26.4 Å². The Bertz CT molecular complexity index is 475. The van der Waals surface area contributed by atoms with E-state index in [0.717, 1.165) is 18.0 Å². The van der Waals surface area contributed by atoms with Crippen LogP contribution in [0.25, 0.3) is 0 Å². The van der Waals surface area contributed by atoms with Gasteiger partial charge < -0.3 is 9.67 Å². The largest absolute Gasteiger partial charge is 0.481 e. The number of rotatable bonds is 7. The Kier molecular flexibility index (Phi) is 6.32. The molecule has 1 aromatic rings. The van der Waals surface area contributed by atoms with Crippen molar-refractivity contribution in [1.29, 1.82) is 0 Å². The molecule has 0 spiro atoms. The fraction of sp³-hybridized carbons (Fsp3) is 0.750. The Morgan fingerprint density at radius 1 is 1.33 bits per heavy atom. The highest BCUT2D eigenvalue weighted by molar-refractivity contribution is 7.99. The minimum atomic E-state index is -0.804. The highest BCUT2D eigenvalue weighted by Crippen LogP contribution is 2.32. The summed E-state index contributed by atoms with van der Waals surface area (Å²) in [6.07, 6.45) is 4.14. The monoisotopic (exact) mass is 312 g/mol. The first-order valence-corrected chi connectivity index (χ1v) is 8.53. The first-order valence-electron chi connectivity index (χ1n) is 7.55. The van der Waals surface area contributed by atoms with Gasteiger partial charge in [0, 0.05) is 23.3 Å². The normalized spacial score (nSPS) is 13.7. The van der Waals surface area contributed by atoms with Crippen molar-refractivity contribution in [3.05, 3.63) is 11.9 Å². The summed E-state index contributed by atoms with van der Waals surface area (Å²) in [7, 11) is 0. The van der Waals surface area contributed by atoms with Gasteiger partial charge in [0.25, 0.3) is 0 Å². The molecule has 0 amide bonds. The summed E-state index contributed by atoms with van der Waals surface area (Å²) < 4.78 is 2.23. The van der Waals surface area contributed by atoms with Crippen molar-refractivity contribution in [2.75, 3.05) is 5.75 Å². The van der Waals surface area contributed by atoms with E-state index in [-0.39, 0.29) is 11.2 Å². The van der Waals surface area contributed by atoms with Gasteiger partial charge in [-0.3, -0.25) is 4.79 Å². The third-order valence-electron chi connectivity index (χ3n) is 3.46. The van der Waals surface area contributed by atoms with Crippen molar-refractivity contribution in [3.8, 4) is 0 Å². The van der Waals surface area contributed by atoms with Crippen molar-refractivity contribution in [2.45, 2.75) is 71.0 Å². The average Bonchev–Trinajstić information content (AvgIpc) is 2.77. The Morgan fingerprint density at radius 3 is 2.43 bits per heavy atom. The lowest BCUT2D eigenvalue weighted by atomic mass is 9.92. The summed E-state index contributed by atoms with van der Waals surface area (Å²) in [6.45, 7) is 13.2. The number of carboxylic acids is 1. The number of carbonyl (C=O) groups is 1. The van der Waals surface area contributed by atoms with Crippen LogP contribution < -0.4 is 0 Å². The topological polar surface area (TPSA) is 55.1 Å². The van der Waals surface area contributed by atoms with Gasteiger partial charge in [-0.15, -0.1) is 0 Å². The van der Waals surface area contributed by atoms with E-state index < -0.39 is 5.97 Å². The molecule has 0 aliphatic carbocycles. The molecule has 120 valence electrons. The van der Waals surface area contributed by atoms with Gasteiger partial charge in [-0.25, -0.2) is 4.98 Å². The molecular weight excluding hydrogens is 284 g/mol. The summed E-state index contributed by atoms with van der Waals surface area (Å²) in [5, 5.41) is 9.71. The zero-order valence-corrected chi connectivity index (χ0v) is 14.8. The maximum Gasteiger partial charge on any atom is 0.313 e. The number of aliphatic carboxylic acids is 1. The van der Waals surface area contributed by atoms with Crippen molar-refractivity contribution in [2.24, 2.45) is 5.92 Å². The highest BCUT2D eigenvalue weighted by atomic mass is 32.2. The third-order valence-corrected chi connectivity index (χ3v) is 4.41. The van der Waals surface area contributed by atoms with Gasteiger partial charge in [0.15, 0.2) is 5.16 Å². The standard InChI is InChI=1S/C16H28N2O2S/c1-11(2)7-8-12(3)18-13(16(4,5)6)9-17-15(18)21-10-14(19)20/h9,11-12H,7-8,10H2,1-6H3,(H,19,20). The SMILES string of the molecule is CC(C)CCC(C)n1c(C(C)(C)C)cnc1SCC(=O)O. The van der Waals surface area contributed by atoms with E-state index >= 15 is 0 Å². The Hall–Kier alpha value is -0.970. The average molecular weight is 312 g/mol. The molecule has 1 N–H and O–H groups in total. The molecule has 0 aromatic carbocycles. The fourth-order valence-electron chi connectivity index (χ4n) is 2.26. The fourth-order valence-corrected chi connectivity index (χ4v) is 3.06. The van der Waals surface area contributed by atoms with Gasteiger partial charge in [0.05, 0.1) is 5.75 Å². The van der Waals surface area contributed by atoms with Crippen LogP contribution in [0, 0.1) is 5.92 Å². The van der Waals surface area contributed by atoms with Crippen LogP contribution in [0.5, 0.6) is 0 Å². The van der Waals surface area contributed by atoms with E-state index in [0.29, 0.717) is 12.0 Å². The first-order chi connectivity index (χ1) is 9.62. The molecule has 0 saturated carbocycles.